The molecule has 0 spiro atoms. The molecule has 9 N–H and O–H groups in total. The fourth-order valence-corrected chi connectivity index (χ4v) is 5.99. The summed E-state index contributed by atoms with van der Waals surface area (Å²) in [7, 11) is -11.2. The van der Waals surface area contributed by atoms with Crippen molar-refractivity contribution in [2.75, 3.05) is 13.2 Å². The molecule has 2 aliphatic rings. The normalized spacial score (nSPS) is 32.0. The predicted octanol–water partition coefficient (Wildman–Crippen LogP) is -4.60. The quantitative estimate of drug-likeness (QED) is 0.0708. The first-order chi connectivity index (χ1) is 19.9. The van der Waals surface area contributed by atoms with Gasteiger partial charge in [0.2, 0.25) is 11.7 Å². The Kier molecular flexibility index (Phi) is 11.3. The lowest BCUT2D eigenvalue weighted by Gasteiger charge is -2.37. The van der Waals surface area contributed by atoms with Crippen molar-refractivity contribution < 1.29 is 81.7 Å². The SMILES string of the molecule is O=C(CCC(=O)C(=O)O)N[C@H]1CO[C@H](OP(=O)(O)OP(=O)(O)OC[C@H]2O[C@@H](n3ccc(=O)[nH]c3=O)[C@H](O)[C@@H]2O)[C@H](O)[C@H]1O. The zero-order valence-corrected chi connectivity index (χ0v) is 23.3. The summed E-state index contributed by atoms with van der Waals surface area (Å²) in [5.41, 5.74) is -1.78. The molecule has 2 aliphatic heterocycles. The van der Waals surface area contributed by atoms with Crippen molar-refractivity contribution >= 4 is 33.3 Å². The third-order valence-electron chi connectivity index (χ3n) is 5.95. The number of aliphatic carboxylic acids is 1. The molecule has 1 aromatic heterocycles. The zero-order chi connectivity index (χ0) is 32.3. The fourth-order valence-electron chi connectivity index (χ4n) is 3.82. The van der Waals surface area contributed by atoms with Crippen LogP contribution in [0.2, 0.25) is 0 Å². The van der Waals surface area contributed by atoms with Crippen LogP contribution < -0.4 is 16.6 Å². The standard InChI is InChI=1S/C19H27N3O19P2/c23-8(17(30)31)1-2-10(24)20-7-5-37-18(15(29)12(7)26)40-43(35,36)41-42(33,34)38-6-9-13(27)14(28)16(39-9)22-4-3-11(25)21-19(22)32/h3-4,7,9,12-16,18,26-29H,1-2,5-6H2,(H,20,24)(H,30,31)(H,33,34)(H,35,36)(H,21,25,32)/t7-,9+,12-,13+,14+,15+,16+,18+/m0/s1. The van der Waals surface area contributed by atoms with Gasteiger partial charge < -0.3 is 50.1 Å². The summed E-state index contributed by atoms with van der Waals surface area (Å²) >= 11 is 0. The number of aliphatic hydroxyl groups excluding tert-OH is 4. The smallest absolute Gasteiger partial charge is 0.476 e. The summed E-state index contributed by atoms with van der Waals surface area (Å²) in [5.74, 6) is -3.90. The van der Waals surface area contributed by atoms with E-state index in [2.05, 4.69) is 18.7 Å². The molecule has 242 valence electrons. The van der Waals surface area contributed by atoms with E-state index in [1.807, 2.05) is 4.98 Å². The van der Waals surface area contributed by atoms with Crippen LogP contribution in [-0.4, -0.2) is 119 Å². The first-order valence-electron chi connectivity index (χ1n) is 12.0. The highest BCUT2D eigenvalue weighted by atomic mass is 31.3. The van der Waals surface area contributed by atoms with Crippen molar-refractivity contribution in [3.8, 4) is 0 Å². The third kappa shape index (κ3) is 9.16. The number of aromatic nitrogens is 2. The number of ether oxygens (including phenoxy) is 2. The summed E-state index contributed by atoms with van der Waals surface area (Å²) < 4.78 is 48.6. The Bertz CT molecular complexity index is 1410. The number of carboxylic acids is 1. The molecule has 10 atom stereocenters. The summed E-state index contributed by atoms with van der Waals surface area (Å²) in [6.45, 7) is -1.71. The van der Waals surface area contributed by atoms with Crippen LogP contribution in [0.4, 0.5) is 0 Å². The second-order valence-corrected chi connectivity index (χ2v) is 12.1. The van der Waals surface area contributed by atoms with Gasteiger partial charge in [0.1, 0.15) is 30.5 Å². The number of nitrogens with zero attached hydrogens (tertiary/aromatic N) is 1. The number of carbonyl (C=O) groups is 3. The third-order valence-corrected chi connectivity index (χ3v) is 8.55. The Morgan fingerprint density at radius 2 is 1.70 bits per heavy atom. The number of hydrogen-bond donors (Lipinski definition) is 9. The molecule has 2 unspecified atom stereocenters. The van der Waals surface area contributed by atoms with E-state index in [1.54, 1.807) is 0 Å². The number of aromatic amines is 1. The lowest BCUT2D eigenvalue weighted by molar-refractivity contribution is -0.222. The molecule has 3 rings (SSSR count). The maximum atomic E-state index is 12.3. The number of aliphatic hydroxyl groups is 4. The number of carbonyl (C=O) groups excluding carboxylic acids is 2. The molecular formula is C19H27N3O19P2. The Hall–Kier alpha value is -2.69. The van der Waals surface area contributed by atoms with Gasteiger partial charge in [0, 0.05) is 25.1 Å². The predicted molar refractivity (Wildman–Crippen MR) is 131 cm³/mol. The molecular weight excluding hydrogens is 636 g/mol. The zero-order valence-electron chi connectivity index (χ0n) is 21.5. The first kappa shape index (κ1) is 34.8. The Morgan fingerprint density at radius 1 is 1.02 bits per heavy atom. The number of hydrogen-bond acceptors (Lipinski definition) is 16. The molecule has 0 aromatic carbocycles. The van der Waals surface area contributed by atoms with E-state index in [9.17, 15) is 63.3 Å². The topological polar surface area (TPSA) is 340 Å². The van der Waals surface area contributed by atoms with Crippen molar-refractivity contribution in [2.24, 2.45) is 0 Å². The largest absolute Gasteiger partial charge is 0.483 e. The molecule has 24 heteroatoms. The van der Waals surface area contributed by atoms with E-state index in [0.29, 0.717) is 4.57 Å². The maximum Gasteiger partial charge on any atom is 0.483 e. The van der Waals surface area contributed by atoms with Crippen molar-refractivity contribution in [1.82, 2.24) is 14.9 Å². The van der Waals surface area contributed by atoms with Gasteiger partial charge in [0.25, 0.3) is 5.56 Å². The van der Waals surface area contributed by atoms with Crippen LogP contribution in [0.1, 0.15) is 19.1 Å². The van der Waals surface area contributed by atoms with E-state index < -0.39 is 120 Å². The van der Waals surface area contributed by atoms with Crippen LogP contribution >= 0.6 is 15.6 Å². The summed E-state index contributed by atoms with van der Waals surface area (Å²) in [5, 5.41) is 51.4. The van der Waals surface area contributed by atoms with Crippen molar-refractivity contribution in [3.63, 3.8) is 0 Å². The number of nitrogens with one attached hydrogen (secondary N) is 2. The molecule has 0 saturated carbocycles. The number of ketones is 1. The van der Waals surface area contributed by atoms with Gasteiger partial charge in [-0.2, -0.15) is 4.31 Å². The highest BCUT2D eigenvalue weighted by Crippen LogP contribution is 2.61. The number of amides is 1. The summed E-state index contributed by atoms with van der Waals surface area (Å²) in [6, 6.07) is -0.434. The van der Waals surface area contributed by atoms with E-state index in [0.717, 1.165) is 12.3 Å². The van der Waals surface area contributed by atoms with Crippen LogP contribution in [-0.2, 0) is 46.3 Å². The van der Waals surface area contributed by atoms with Gasteiger partial charge in [0.15, 0.2) is 12.5 Å². The molecule has 2 saturated heterocycles. The molecule has 0 aliphatic carbocycles. The number of H-pyrrole nitrogens is 1. The van der Waals surface area contributed by atoms with Gasteiger partial charge >= 0.3 is 27.3 Å². The van der Waals surface area contributed by atoms with Gasteiger partial charge in [-0.25, -0.2) is 18.7 Å². The van der Waals surface area contributed by atoms with Crippen LogP contribution in [0.25, 0.3) is 0 Å². The lowest BCUT2D eigenvalue weighted by Crippen LogP contribution is -2.59. The van der Waals surface area contributed by atoms with Gasteiger partial charge in [0.05, 0.1) is 19.3 Å². The van der Waals surface area contributed by atoms with Crippen LogP contribution in [0.5, 0.6) is 0 Å². The number of carboxylic acid groups (broad SMARTS) is 1. The maximum absolute atomic E-state index is 12.3. The Morgan fingerprint density at radius 3 is 2.33 bits per heavy atom. The Labute approximate surface area is 238 Å². The number of rotatable bonds is 13. The monoisotopic (exact) mass is 663 g/mol. The highest BCUT2D eigenvalue weighted by Gasteiger charge is 2.48. The molecule has 3 heterocycles. The minimum atomic E-state index is -5.63. The molecule has 43 heavy (non-hydrogen) atoms. The minimum Gasteiger partial charge on any atom is -0.476 e. The number of Topliss-reactive ketones (excluding diaryl/α,β-unsaturated/α-hetero) is 1. The number of phosphoric ester groups is 2. The van der Waals surface area contributed by atoms with Gasteiger partial charge in [-0.1, -0.05) is 0 Å². The van der Waals surface area contributed by atoms with E-state index in [1.165, 1.54) is 0 Å². The molecule has 2 fully saturated rings. The van der Waals surface area contributed by atoms with Crippen LogP contribution in [0.15, 0.2) is 21.9 Å². The number of phosphoric acid groups is 2. The molecule has 22 nitrogen and oxygen atoms in total. The van der Waals surface area contributed by atoms with Gasteiger partial charge in [-0.3, -0.25) is 33.0 Å². The summed E-state index contributed by atoms with van der Waals surface area (Å²) in [6.07, 6.45) is -13.3. The van der Waals surface area contributed by atoms with Crippen molar-refractivity contribution in [2.45, 2.75) is 61.9 Å². The van der Waals surface area contributed by atoms with Crippen molar-refractivity contribution in [1.29, 1.82) is 0 Å². The highest BCUT2D eigenvalue weighted by molar-refractivity contribution is 7.61. The van der Waals surface area contributed by atoms with Crippen molar-refractivity contribution in [3.05, 3.63) is 33.1 Å². The molecule has 0 bridgehead atoms. The van der Waals surface area contributed by atoms with E-state index in [4.69, 9.17) is 14.6 Å². The minimum absolute atomic E-state index is 0.579. The average molecular weight is 663 g/mol. The molecule has 0 radical (unpaired) electrons. The molecule has 1 amide bonds. The average Bonchev–Trinajstić information content (AvgIpc) is 3.18. The fraction of sp³-hybridized carbons (Fsp3) is 0.632. The van der Waals surface area contributed by atoms with Gasteiger partial charge in [-0.15, -0.1) is 0 Å². The second-order valence-electron chi connectivity index (χ2n) is 9.07. The lowest BCUT2D eigenvalue weighted by atomic mass is 10.0. The summed E-state index contributed by atoms with van der Waals surface area (Å²) in [4.78, 5) is 78.3. The van der Waals surface area contributed by atoms with Gasteiger partial charge in [-0.05, 0) is 0 Å². The van der Waals surface area contributed by atoms with E-state index >= 15 is 0 Å². The second kappa shape index (κ2) is 13.9. The molecule has 1 aromatic rings. The van der Waals surface area contributed by atoms with E-state index in [-0.39, 0.29) is 0 Å². The van der Waals surface area contributed by atoms with Crippen LogP contribution in [0.3, 0.4) is 0 Å². The van der Waals surface area contributed by atoms with Crippen LogP contribution in [0, 0.1) is 0 Å². The Balaban J connectivity index is 1.52. The first-order valence-corrected chi connectivity index (χ1v) is 15.0.